The number of nitrogens with zero attached hydrogens (tertiary/aromatic N) is 1. The second-order valence-corrected chi connectivity index (χ2v) is 5.22. The maximum atomic E-state index is 5.85. The topological polar surface area (TPSA) is 29.3 Å². The summed E-state index contributed by atoms with van der Waals surface area (Å²) in [5, 5.41) is 0. The van der Waals surface area contributed by atoms with E-state index in [1.165, 1.54) is 25.9 Å². The van der Waals surface area contributed by atoms with Gasteiger partial charge in [0.15, 0.2) is 0 Å². The lowest BCUT2D eigenvalue weighted by Gasteiger charge is -2.30. The summed E-state index contributed by atoms with van der Waals surface area (Å²) < 4.78 is 0. The summed E-state index contributed by atoms with van der Waals surface area (Å²) in [6, 6.07) is 0. The molecule has 0 unspecified atom stereocenters. The molecule has 1 aliphatic heterocycles. The molecule has 0 aliphatic carbocycles. The summed E-state index contributed by atoms with van der Waals surface area (Å²) in [5.74, 6) is 6.42. The minimum atomic E-state index is -0.378. The summed E-state index contributed by atoms with van der Waals surface area (Å²) in [4.78, 5) is 2.44. The fourth-order valence-electron chi connectivity index (χ4n) is 1.67. The third-order valence-electron chi connectivity index (χ3n) is 2.59. The van der Waals surface area contributed by atoms with E-state index < -0.39 is 0 Å². The number of nitrogens with two attached hydrogens (primary N) is 1. The van der Waals surface area contributed by atoms with Crippen LogP contribution in [0.5, 0.6) is 0 Å². The van der Waals surface area contributed by atoms with Crippen LogP contribution in [0.2, 0.25) is 0 Å². The molecule has 2 heteroatoms. The molecule has 0 radical (unpaired) electrons. The Labute approximate surface area is 87.8 Å². The average molecular weight is 194 g/mol. The monoisotopic (exact) mass is 194 g/mol. The van der Waals surface area contributed by atoms with Crippen molar-refractivity contribution in [2.24, 2.45) is 5.73 Å². The van der Waals surface area contributed by atoms with E-state index in [-0.39, 0.29) is 11.1 Å². The predicted octanol–water partition coefficient (Wildman–Crippen LogP) is 1.60. The summed E-state index contributed by atoms with van der Waals surface area (Å²) in [7, 11) is 0. The molecule has 0 atom stereocenters. The smallest absolute Gasteiger partial charge is 0.0769 e. The van der Waals surface area contributed by atoms with Crippen molar-refractivity contribution in [3.8, 4) is 11.8 Å². The van der Waals surface area contributed by atoms with Gasteiger partial charge in [-0.1, -0.05) is 11.8 Å². The van der Waals surface area contributed by atoms with Crippen molar-refractivity contribution in [1.82, 2.24) is 4.90 Å². The van der Waals surface area contributed by atoms with Crippen molar-refractivity contribution in [2.75, 3.05) is 13.1 Å². The van der Waals surface area contributed by atoms with E-state index in [2.05, 4.69) is 30.6 Å². The van der Waals surface area contributed by atoms with Crippen molar-refractivity contribution in [3.05, 3.63) is 0 Å². The molecule has 0 amide bonds. The minimum Gasteiger partial charge on any atom is -0.316 e. The van der Waals surface area contributed by atoms with Crippen molar-refractivity contribution >= 4 is 0 Å². The first kappa shape index (κ1) is 11.6. The molecule has 1 heterocycles. The normalized spacial score (nSPS) is 19.2. The van der Waals surface area contributed by atoms with Crippen LogP contribution in [0.1, 0.15) is 40.5 Å². The lowest BCUT2D eigenvalue weighted by molar-refractivity contribution is 0.213. The van der Waals surface area contributed by atoms with Crippen LogP contribution in [0.15, 0.2) is 0 Å². The summed E-state index contributed by atoms with van der Waals surface area (Å²) >= 11 is 0. The molecule has 1 aliphatic rings. The SMILES string of the molecule is CC(C)(N)C#CC(C)(C)N1CCCC1. The fraction of sp³-hybridized carbons (Fsp3) is 0.833. The average Bonchev–Trinajstić information content (AvgIpc) is 2.52. The molecule has 14 heavy (non-hydrogen) atoms. The van der Waals surface area contributed by atoms with Crippen LogP contribution in [0.25, 0.3) is 0 Å². The zero-order chi connectivity index (χ0) is 10.8. The second-order valence-electron chi connectivity index (χ2n) is 5.22. The van der Waals surface area contributed by atoms with Crippen molar-refractivity contribution in [2.45, 2.75) is 51.6 Å². The predicted molar refractivity (Wildman–Crippen MR) is 60.9 cm³/mol. The quantitative estimate of drug-likeness (QED) is 0.642. The van der Waals surface area contributed by atoms with Gasteiger partial charge >= 0.3 is 0 Å². The van der Waals surface area contributed by atoms with Gasteiger partial charge in [-0.25, -0.2) is 0 Å². The highest BCUT2D eigenvalue weighted by molar-refractivity contribution is 5.21. The van der Waals surface area contributed by atoms with E-state index in [0.29, 0.717) is 0 Å². The van der Waals surface area contributed by atoms with Gasteiger partial charge in [0.25, 0.3) is 0 Å². The van der Waals surface area contributed by atoms with Gasteiger partial charge in [0.1, 0.15) is 0 Å². The molecule has 0 bridgehead atoms. The molecule has 0 spiro atoms. The molecule has 1 fully saturated rings. The van der Waals surface area contributed by atoms with Gasteiger partial charge in [0.05, 0.1) is 11.1 Å². The van der Waals surface area contributed by atoms with Crippen molar-refractivity contribution in [1.29, 1.82) is 0 Å². The van der Waals surface area contributed by atoms with Crippen LogP contribution in [0.3, 0.4) is 0 Å². The van der Waals surface area contributed by atoms with Gasteiger partial charge in [-0.2, -0.15) is 0 Å². The summed E-state index contributed by atoms with van der Waals surface area (Å²) in [6.07, 6.45) is 2.61. The third-order valence-corrected chi connectivity index (χ3v) is 2.59. The van der Waals surface area contributed by atoms with E-state index in [1.54, 1.807) is 0 Å². The molecule has 2 N–H and O–H groups in total. The number of hydrogen-bond acceptors (Lipinski definition) is 2. The molecular formula is C12H22N2. The second kappa shape index (κ2) is 3.92. The van der Waals surface area contributed by atoms with Gasteiger partial charge in [-0.3, -0.25) is 4.90 Å². The minimum absolute atomic E-state index is 0.0207. The highest BCUT2D eigenvalue weighted by Gasteiger charge is 2.27. The Morgan fingerprint density at radius 3 is 1.93 bits per heavy atom. The van der Waals surface area contributed by atoms with E-state index in [1.807, 2.05) is 13.8 Å². The molecule has 0 aromatic heterocycles. The Hall–Kier alpha value is -0.520. The zero-order valence-corrected chi connectivity index (χ0v) is 9.85. The molecular weight excluding hydrogens is 172 g/mol. The van der Waals surface area contributed by atoms with Crippen LogP contribution in [0.4, 0.5) is 0 Å². The number of rotatable bonds is 1. The zero-order valence-electron chi connectivity index (χ0n) is 9.85. The van der Waals surface area contributed by atoms with Gasteiger partial charge in [0, 0.05) is 0 Å². The molecule has 0 aromatic carbocycles. The van der Waals surface area contributed by atoms with E-state index in [0.717, 1.165) is 0 Å². The number of likely N-dealkylation sites (tertiary alicyclic amines) is 1. The van der Waals surface area contributed by atoms with Gasteiger partial charge in [-0.15, -0.1) is 0 Å². The third kappa shape index (κ3) is 3.32. The number of hydrogen-bond donors (Lipinski definition) is 1. The van der Waals surface area contributed by atoms with Gasteiger partial charge < -0.3 is 5.73 Å². The van der Waals surface area contributed by atoms with Crippen LogP contribution in [0, 0.1) is 11.8 Å². The largest absolute Gasteiger partial charge is 0.316 e. The van der Waals surface area contributed by atoms with Crippen LogP contribution >= 0.6 is 0 Å². The highest BCUT2D eigenvalue weighted by Crippen LogP contribution is 2.20. The lowest BCUT2D eigenvalue weighted by Crippen LogP contribution is -2.41. The standard InChI is InChI=1S/C12H22N2/c1-11(2,13)7-8-12(3,4)14-9-5-6-10-14/h5-6,9-10,13H2,1-4H3. The Kier molecular flexibility index (Phi) is 3.24. The maximum absolute atomic E-state index is 5.85. The van der Waals surface area contributed by atoms with E-state index in [9.17, 15) is 0 Å². The summed E-state index contributed by atoms with van der Waals surface area (Å²) in [5.41, 5.74) is 5.45. The molecule has 80 valence electrons. The molecule has 0 saturated carbocycles. The Morgan fingerprint density at radius 2 is 1.50 bits per heavy atom. The van der Waals surface area contributed by atoms with Crippen LogP contribution < -0.4 is 5.73 Å². The van der Waals surface area contributed by atoms with E-state index in [4.69, 9.17) is 5.73 Å². The molecule has 1 saturated heterocycles. The first-order chi connectivity index (χ1) is 6.31. The van der Waals surface area contributed by atoms with E-state index >= 15 is 0 Å². The fourth-order valence-corrected chi connectivity index (χ4v) is 1.67. The van der Waals surface area contributed by atoms with Crippen molar-refractivity contribution < 1.29 is 0 Å². The van der Waals surface area contributed by atoms with Gasteiger partial charge in [-0.05, 0) is 53.6 Å². The van der Waals surface area contributed by atoms with Crippen LogP contribution in [-0.2, 0) is 0 Å². The Morgan fingerprint density at radius 1 is 1.00 bits per heavy atom. The van der Waals surface area contributed by atoms with Crippen LogP contribution in [-0.4, -0.2) is 29.1 Å². The lowest BCUT2D eigenvalue weighted by atomic mass is 10.0. The molecule has 1 rings (SSSR count). The Balaban J connectivity index is 2.68. The molecule has 0 aromatic rings. The Bertz CT molecular complexity index is 244. The highest BCUT2D eigenvalue weighted by atomic mass is 15.2. The first-order valence-corrected chi connectivity index (χ1v) is 5.39. The molecule has 2 nitrogen and oxygen atoms in total. The first-order valence-electron chi connectivity index (χ1n) is 5.39. The maximum Gasteiger partial charge on any atom is 0.0769 e. The van der Waals surface area contributed by atoms with Crippen molar-refractivity contribution in [3.63, 3.8) is 0 Å². The summed E-state index contributed by atoms with van der Waals surface area (Å²) in [6.45, 7) is 10.6. The van der Waals surface area contributed by atoms with Gasteiger partial charge in [0.2, 0.25) is 0 Å².